The SMILES string of the molecule is Cc1nn(Cc2ccccc2)c(Cl)c1C(=O)N1CCCN(Cc2ccccc2)CC1. The molecule has 1 saturated heterocycles. The van der Waals surface area contributed by atoms with E-state index in [2.05, 4.69) is 34.3 Å². The Hall–Kier alpha value is -2.63. The molecule has 156 valence electrons. The summed E-state index contributed by atoms with van der Waals surface area (Å²) in [5, 5.41) is 4.97. The quantitative estimate of drug-likeness (QED) is 0.617. The molecule has 1 aliphatic rings. The molecule has 1 aromatic heterocycles. The van der Waals surface area contributed by atoms with E-state index in [9.17, 15) is 4.79 Å². The lowest BCUT2D eigenvalue weighted by molar-refractivity contribution is 0.0760. The van der Waals surface area contributed by atoms with Crippen molar-refractivity contribution >= 4 is 17.5 Å². The number of aryl methyl sites for hydroxylation is 1. The number of hydrogen-bond acceptors (Lipinski definition) is 3. The van der Waals surface area contributed by atoms with Gasteiger partial charge in [0.15, 0.2) is 0 Å². The van der Waals surface area contributed by atoms with Crippen molar-refractivity contribution in [3.05, 3.63) is 88.2 Å². The standard InChI is InChI=1S/C24H27ClN4O/c1-19-22(23(25)29(26-19)18-21-11-6-3-7-12-21)24(30)28-14-8-13-27(15-16-28)17-20-9-4-2-5-10-20/h2-7,9-12H,8,13-18H2,1H3. The van der Waals surface area contributed by atoms with Gasteiger partial charge in [-0.1, -0.05) is 72.3 Å². The second-order valence-corrected chi connectivity index (χ2v) is 8.16. The molecule has 0 bridgehead atoms. The summed E-state index contributed by atoms with van der Waals surface area (Å²) >= 11 is 6.61. The Bertz CT molecular complexity index is 987. The van der Waals surface area contributed by atoms with Crippen LogP contribution in [0.3, 0.4) is 0 Å². The van der Waals surface area contributed by atoms with Crippen molar-refractivity contribution in [3.8, 4) is 0 Å². The minimum absolute atomic E-state index is 0.0154. The van der Waals surface area contributed by atoms with Crippen molar-refractivity contribution in [1.82, 2.24) is 19.6 Å². The maximum Gasteiger partial charge on any atom is 0.258 e. The van der Waals surface area contributed by atoms with Gasteiger partial charge in [0.05, 0.1) is 17.8 Å². The van der Waals surface area contributed by atoms with E-state index in [0.717, 1.165) is 38.2 Å². The summed E-state index contributed by atoms with van der Waals surface area (Å²) < 4.78 is 1.72. The maximum absolute atomic E-state index is 13.3. The summed E-state index contributed by atoms with van der Waals surface area (Å²) in [6.45, 7) is 6.61. The van der Waals surface area contributed by atoms with Crippen LogP contribution >= 0.6 is 11.6 Å². The summed E-state index contributed by atoms with van der Waals surface area (Å²) in [5.41, 5.74) is 3.63. The fraction of sp³-hybridized carbons (Fsp3) is 0.333. The van der Waals surface area contributed by atoms with Crippen LogP contribution in [0.4, 0.5) is 0 Å². The molecule has 6 heteroatoms. The highest BCUT2D eigenvalue weighted by Gasteiger charge is 2.26. The third-order valence-electron chi connectivity index (χ3n) is 5.58. The average Bonchev–Trinajstić information content (AvgIpc) is 2.91. The van der Waals surface area contributed by atoms with E-state index in [0.29, 0.717) is 29.5 Å². The smallest absolute Gasteiger partial charge is 0.258 e. The molecule has 0 saturated carbocycles. The van der Waals surface area contributed by atoms with Crippen molar-refractivity contribution in [2.75, 3.05) is 26.2 Å². The van der Waals surface area contributed by atoms with Crippen molar-refractivity contribution in [1.29, 1.82) is 0 Å². The van der Waals surface area contributed by atoms with E-state index in [4.69, 9.17) is 11.6 Å². The van der Waals surface area contributed by atoms with E-state index >= 15 is 0 Å². The second kappa shape index (κ2) is 9.45. The van der Waals surface area contributed by atoms with Gasteiger partial charge in [-0.3, -0.25) is 9.69 Å². The summed E-state index contributed by atoms with van der Waals surface area (Å²) in [5.74, 6) is -0.0154. The first-order valence-electron chi connectivity index (χ1n) is 10.4. The van der Waals surface area contributed by atoms with Crippen LogP contribution in [0.15, 0.2) is 60.7 Å². The Labute approximate surface area is 182 Å². The molecule has 1 fully saturated rings. The van der Waals surface area contributed by atoms with Gasteiger partial charge in [0.25, 0.3) is 5.91 Å². The average molecular weight is 423 g/mol. The molecular weight excluding hydrogens is 396 g/mol. The van der Waals surface area contributed by atoms with Crippen LogP contribution in [0.1, 0.15) is 33.6 Å². The Kier molecular flexibility index (Phi) is 6.50. The van der Waals surface area contributed by atoms with E-state index in [-0.39, 0.29) is 5.91 Å². The first-order valence-corrected chi connectivity index (χ1v) is 10.8. The summed E-state index contributed by atoms with van der Waals surface area (Å²) in [6.07, 6.45) is 0.952. The number of amides is 1. The third-order valence-corrected chi connectivity index (χ3v) is 5.96. The van der Waals surface area contributed by atoms with Crippen LogP contribution in [0, 0.1) is 6.92 Å². The first-order chi connectivity index (χ1) is 14.6. The van der Waals surface area contributed by atoms with E-state index in [1.807, 2.05) is 48.2 Å². The second-order valence-electron chi connectivity index (χ2n) is 7.80. The molecule has 0 atom stereocenters. The zero-order chi connectivity index (χ0) is 20.9. The highest BCUT2D eigenvalue weighted by molar-refractivity contribution is 6.33. The molecule has 0 unspecified atom stereocenters. The summed E-state index contributed by atoms with van der Waals surface area (Å²) in [6, 6.07) is 20.5. The van der Waals surface area contributed by atoms with Gasteiger partial charge in [0, 0.05) is 32.7 Å². The minimum atomic E-state index is -0.0154. The van der Waals surface area contributed by atoms with Gasteiger partial charge in [-0.2, -0.15) is 5.10 Å². The molecule has 0 radical (unpaired) electrons. The van der Waals surface area contributed by atoms with Crippen LogP contribution in [0.25, 0.3) is 0 Å². The van der Waals surface area contributed by atoms with E-state index in [1.54, 1.807) is 4.68 Å². The Morgan fingerprint density at radius 1 is 0.900 bits per heavy atom. The Balaban J connectivity index is 1.44. The largest absolute Gasteiger partial charge is 0.337 e. The number of hydrogen-bond donors (Lipinski definition) is 0. The molecule has 0 aliphatic carbocycles. The normalized spacial score (nSPS) is 15.2. The molecule has 1 amide bonds. The van der Waals surface area contributed by atoms with Crippen LogP contribution < -0.4 is 0 Å². The molecular formula is C24H27ClN4O. The summed E-state index contributed by atoms with van der Waals surface area (Å²) in [7, 11) is 0. The van der Waals surface area contributed by atoms with Crippen LogP contribution in [0.5, 0.6) is 0 Å². The number of halogens is 1. The van der Waals surface area contributed by atoms with E-state index in [1.165, 1.54) is 5.56 Å². The minimum Gasteiger partial charge on any atom is -0.337 e. The molecule has 30 heavy (non-hydrogen) atoms. The zero-order valence-corrected chi connectivity index (χ0v) is 18.1. The number of rotatable bonds is 5. The molecule has 2 aromatic carbocycles. The van der Waals surface area contributed by atoms with Crippen LogP contribution in [-0.4, -0.2) is 51.7 Å². The van der Waals surface area contributed by atoms with Gasteiger partial charge < -0.3 is 4.90 Å². The van der Waals surface area contributed by atoms with Gasteiger partial charge in [-0.15, -0.1) is 0 Å². The Morgan fingerprint density at radius 3 is 2.20 bits per heavy atom. The number of carbonyl (C=O) groups excluding carboxylic acids is 1. The Morgan fingerprint density at radius 2 is 1.53 bits per heavy atom. The van der Waals surface area contributed by atoms with Gasteiger partial charge >= 0.3 is 0 Å². The molecule has 4 rings (SSSR count). The number of nitrogens with zero attached hydrogens (tertiary/aromatic N) is 4. The highest BCUT2D eigenvalue weighted by Crippen LogP contribution is 2.23. The molecule has 1 aliphatic heterocycles. The maximum atomic E-state index is 13.3. The lowest BCUT2D eigenvalue weighted by Gasteiger charge is -2.22. The predicted octanol–water partition coefficient (Wildman–Crippen LogP) is 4.24. The van der Waals surface area contributed by atoms with Crippen molar-refractivity contribution in [2.24, 2.45) is 0 Å². The van der Waals surface area contributed by atoms with Gasteiger partial charge in [0.1, 0.15) is 5.15 Å². The first kappa shape index (κ1) is 20.6. The number of benzene rings is 2. The summed E-state index contributed by atoms with van der Waals surface area (Å²) in [4.78, 5) is 17.6. The van der Waals surface area contributed by atoms with Crippen LogP contribution in [0.2, 0.25) is 5.15 Å². The predicted molar refractivity (Wildman–Crippen MR) is 120 cm³/mol. The number of aromatic nitrogens is 2. The zero-order valence-electron chi connectivity index (χ0n) is 17.3. The molecule has 0 N–H and O–H groups in total. The lowest BCUT2D eigenvalue weighted by atomic mass is 10.2. The topological polar surface area (TPSA) is 41.4 Å². The van der Waals surface area contributed by atoms with Crippen molar-refractivity contribution in [3.63, 3.8) is 0 Å². The lowest BCUT2D eigenvalue weighted by Crippen LogP contribution is -2.35. The fourth-order valence-electron chi connectivity index (χ4n) is 3.99. The molecule has 2 heterocycles. The highest BCUT2D eigenvalue weighted by atomic mass is 35.5. The third kappa shape index (κ3) is 4.74. The molecule has 5 nitrogen and oxygen atoms in total. The molecule has 0 spiro atoms. The van der Waals surface area contributed by atoms with E-state index < -0.39 is 0 Å². The monoisotopic (exact) mass is 422 g/mol. The van der Waals surface area contributed by atoms with Gasteiger partial charge in [-0.05, 0) is 24.5 Å². The molecule has 3 aromatic rings. The van der Waals surface area contributed by atoms with Crippen molar-refractivity contribution in [2.45, 2.75) is 26.4 Å². The van der Waals surface area contributed by atoms with Crippen molar-refractivity contribution < 1.29 is 4.79 Å². The number of carbonyl (C=O) groups is 1. The van der Waals surface area contributed by atoms with Gasteiger partial charge in [0.2, 0.25) is 0 Å². The van der Waals surface area contributed by atoms with Crippen LogP contribution in [-0.2, 0) is 13.1 Å². The fourth-order valence-corrected chi connectivity index (χ4v) is 4.30. The van der Waals surface area contributed by atoms with Gasteiger partial charge in [-0.25, -0.2) is 4.68 Å².